The number of nitrogens with zero attached hydrogens (tertiary/aromatic N) is 3. The standard InChI is InChI=1S/C24H28BN3/c1-5-25(6-2)24-26(17-20-11-9-10-18(3)16-20)14-15-27(24)23-19(4)21-12-7-8-13-22(21)28(23)25/h7-16H,5-6,17H2,1-4H3. The van der Waals surface area contributed by atoms with Crippen molar-refractivity contribution in [2.24, 2.45) is 0 Å². The molecule has 2 aromatic carbocycles. The smallest absolute Gasteiger partial charge is 0.217 e. The van der Waals surface area contributed by atoms with Gasteiger partial charge in [0.05, 0.1) is 0 Å². The van der Waals surface area contributed by atoms with E-state index in [9.17, 15) is 0 Å². The third-order valence-corrected chi connectivity index (χ3v) is 7.06. The Bertz CT molecular complexity index is 1190. The monoisotopic (exact) mass is 369 g/mol. The number of aromatic nitrogens is 3. The van der Waals surface area contributed by atoms with E-state index in [4.69, 9.17) is 0 Å². The van der Waals surface area contributed by atoms with Crippen molar-refractivity contribution in [1.82, 2.24) is 9.05 Å². The maximum atomic E-state index is 2.67. The molecule has 0 fully saturated rings. The number of imidazole rings is 1. The van der Waals surface area contributed by atoms with Gasteiger partial charge in [0.1, 0.15) is 24.7 Å². The van der Waals surface area contributed by atoms with E-state index in [1.165, 1.54) is 39.1 Å². The molecular formula is C24H28BN3. The Hall–Kier alpha value is -2.75. The molecule has 4 heteroatoms. The zero-order chi connectivity index (χ0) is 19.5. The molecule has 0 saturated carbocycles. The van der Waals surface area contributed by atoms with E-state index in [1.54, 1.807) is 0 Å². The number of hydrogen-bond donors (Lipinski definition) is 0. The van der Waals surface area contributed by atoms with Crippen molar-refractivity contribution in [3.05, 3.63) is 77.6 Å². The fourth-order valence-electron chi connectivity index (χ4n) is 5.67. The summed E-state index contributed by atoms with van der Waals surface area (Å²) >= 11 is 0. The molecule has 0 unspecified atom stereocenters. The molecule has 5 rings (SSSR count). The number of hydrogen-bond acceptors (Lipinski definition) is 0. The molecule has 0 bridgehead atoms. The minimum Gasteiger partial charge on any atom is -0.472 e. The van der Waals surface area contributed by atoms with Crippen molar-refractivity contribution in [2.75, 3.05) is 0 Å². The highest BCUT2D eigenvalue weighted by molar-refractivity contribution is 6.90. The zero-order valence-electron chi connectivity index (χ0n) is 17.3. The van der Waals surface area contributed by atoms with Crippen LogP contribution in [0.15, 0.2) is 60.9 Å². The maximum Gasteiger partial charge on any atom is 0.217 e. The second-order valence-corrected chi connectivity index (χ2v) is 8.49. The van der Waals surface area contributed by atoms with E-state index in [0.29, 0.717) is 0 Å². The van der Waals surface area contributed by atoms with Crippen LogP contribution in [0, 0.1) is 13.8 Å². The van der Waals surface area contributed by atoms with E-state index in [1.807, 2.05) is 0 Å². The first-order valence-electron chi connectivity index (χ1n) is 10.6. The minimum absolute atomic E-state index is 0.857. The number of aryl methyl sites for hydroxylation is 2. The van der Waals surface area contributed by atoms with E-state index >= 15 is 0 Å². The summed E-state index contributed by atoms with van der Waals surface area (Å²) in [4.78, 5) is 0. The average Bonchev–Trinajstić information content (AvgIpc) is 3.33. The highest BCUT2D eigenvalue weighted by Crippen LogP contribution is 2.37. The summed E-state index contributed by atoms with van der Waals surface area (Å²) in [5, 5.41) is 1.38. The lowest BCUT2D eigenvalue weighted by Crippen LogP contribution is -2.65. The van der Waals surface area contributed by atoms with Gasteiger partial charge in [-0.15, -0.1) is 0 Å². The van der Waals surface area contributed by atoms with E-state index in [2.05, 4.69) is 102 Å². The molecule has 1 aliphatic rings. The second-order valence-electron chi connectivity index (χ2n) is 8.49. The van der Waals surface area contributed by atoms with Crippen LogP contribution in [0.25, 0.3) is 16.7 Å². The Morgan fingerprint density at radius 3 is 2.50 bits per heavy atom. The quantitative estimate of drug-likeness (QED) is 0.373. The Balaban J connectivity index is 1.76. The summed E-state index contributed by atoms with van der Waals surface area (Å²) in [5.74, 6) is 1.36. The Morgan fingerprint density at radius 1 is 0.964 bits per heavy atom. The molecule has 28 heavy (non-hydrogen) atoms. The van der Waals surface area contributed by atoms with Crippen molar-refractivity contribution in [2.45, 2.75) is 46.9 Å². The molecule has 0 spiro atoms. The minimum atomic E-state index is -0.857. The van der Waals surface area contributed by atoms with E-state index in [-0.39, 0.29) is 0 Å². The molecule has 142 valence electrons. The Labute approximate surface area is 167 Å². The maximum absolute atomic E-state index is 2.67. The molecule has 3 heterocycles. The molecule has 0 radical (unpaired) electrons. The highest BCUT2D eigenvalue weighted by Gasteiger charge is 2.46. The van der Waals surface area contributed by atoms with Crippen LogP contribution in [0.2, 0.25) is 12.6 Å². The molecule has 1 aliphatic heterocycles. The molecule has 0 atom stereocenters. The van der Waals surface area contributed by atoms with Crippen LogP contribution in [-0.4, -0.2) is 15.3 Å². The van der Waals surface area contributed by atoms with Gasteiger partial charge in [-0.2, -0.15) is 12.6 Å². The van der Waals surface area contributed by atoms with Crippen LogP contribution in [-0.2, 0) is 6.54 Å². The van der Waals surface area contributed by atoms with Gasteiger partial charge in [-0.25, -0.2) is 4.57 Å². The average molecular weight is 369 g/mol. The number of rotatable bonds is 4. The summed E-state index contributed by atoms with van der Waals surface area (Å²) in [6, 6.07) is 17.8. The molecular weight excluding hydrogens is 341 g/mol. The number of para-hydroxylation sites is 1. The van der Waals surface area contributed by atoms with Crippen LogP contribution in [0.1, 0.15) is 30.5 Å². The topological polar surface area (TPSA) is 13.7 Å². The number of benzene rings is 2. The summed E-state index contributed by atoms with van der Waals surface area (Å²) in [6.07, 6.45) is 5.97. The number of fused-ring (bicyclic) bond motifs is 5. The van der Waals surface area contributed by atoms with Crippen molar-refractivity contribution in [1.29, 1.82) is 0 Å². The lowest BCUT2D eigenvalue weighted by molar-refractivity contribution is -0.670. The van der Waals surface area contributed by atoms with Crippen molar-refractivity contribution in [3.8, 4) is 5.82 Å². The molecule has 3 nitrogen and oxygen atoms in total. The van der Waals surface area contributed by atoms with Crippen LogP contribution >= 0.6 is 0 Å². The zero-order valence-corrected chi connectivity index (χ0v) is 17.3. The largest absolute Gasteiger partial charge is 0.472 e. The summed E-state index contributed by atoms with van der Waals surface area (Å²) in [6.45, 7) is 10.1. The predicted octanol–water partition coefficient (Wildman–Crippen LogP) is 4.44. The molecule has 4 aromatic rings. The van der Waals surface area contributed by atoms with Crippen LogP contribution in [0.3, 0.4) is 0 Å². The van der Waals surface area contributed by atoms with Gasteiger partial charge < -0.3 is 4.48 Å². The van der Waals surface area contributed by atoms with Gasteiger partial charge in [0.15, 0.2) is 5.82 Å². The van der Waals surface area contributed by atoms with Crippen LogP contribution in [0.5, 0.6) is 0 Å². The Kier molecular flexibility index (Phi) is 3.80. The summed E-state index contributed by atoms with van der Waals surface area (Å²) in [5.41, 5.74) is 6.93. The SMILES string of the molecule is CC[B-]1(CC)c2n(cc[n+]2Cc2cccc(C)c2)-c2c(C)c3ccccc3n21. The predicted molar refractivity (Wildman–Crippen MR) is 118 cm³/mol. The molecule has 0 amide bonds. The van der Waals surface area contributed by atoms with Crippen molar-refractivity contribution in [3.63, 3.8) is 0 Å². The molecule has 0 aliphatic carbocycles. The second kappa shape index (κ2) is 6.13. The molecule has 0 N–H and O–H groups in total. The van der Waals surface area contributed by atoms with Gasteiger partial charge in [0.25, 0.3) is 0 Å². The first-order valence-corrected chi connectivity index (χ1v) is 10.6. The van der Waals surface area contributed by atoms with Gasteiger partial charge in [-0.05, 0) is 25.5 Å². The lowest BCUT2D eigenvalue weighted by atomic mass is 9.31. The molecule has 0 saturated heterocycles. The normalized spacial score (nSPS) is 14.4. The first kappa shape index (κ1) is 17.4. The van der Waals surface area contributed by atoms with Gasteiger partial charge in [-0.3, -0.25) is 4.57 Å². The fourth-order valence-corrected chi connectivity index (χ4v) is 5.67. The third-order valence-electron chi connectivity index (χ3n) is 7.06. The lowest BCUT2D eigenvalue weighted by Gasteiger charge is -2.33. The van der Waals surface area contributed by atoms with Crippen LogP contribution < -0.4 is 10.3 Å². The van der Waals surface area contributed by atoms with Crippen molar-refractivity contribution >= 4 is 22.9 Å². The van der Waals surface area contributed by atoms with Gasteiger partial charge >= 0.3 is 0 Å². The fraction of sp³-hybridized carbons (Fsp3) is 0.292. The third kappa shape index (κ3) is 2.15. The highest BCUT2D eigenvalue weighted by atomic mass is 15.3. The summed E-state index contributed by atoms with van der Waals surface area (Å²) < 4.78 is 7.63. The van der Waals surface area contributed by atoms with E-state index in [0.717, 1.165) is 19.2 Å². The van der Waals surface area contributed by atoms with Gasteiger partial charge in [0.2, 0.25) is 6.28 Å². The van der Waals surface area contributed by atoms with E-state index < -0.39 is 6.28 Å². The van der Waals surface area contributed by atoms with Crippen molar-refractivity contribution < 1.29 is 4.57 Å². The van der Waals surface area contributed by atoms with Gasteiger partial charge in [-0.1, -0.05) is 61.9 Å². The Morgan fingerprint density at radius 2 is 1.75 bits per heavy atom. The van der Waals surface area contributed by atoms with Crippen LogP contribution in [0.4, 0.5) is 0 Å². The molecule has 2 aromatic heterocycles. The van der Waals surface area contributed by atoms with Gasteiger partial charge in [0, 0.05) is 16.5 Å². The first-order chi connectivity index (χ1) is 13.6. The summed E-state index contributed by atoms with van der Waals surface area (Å²) in [7, 11) is 0.